The van der Waals surface area contributed by atoms with Gasteiger partial charge in [0.05, 0.1) is 25.7 Å². The fraction of sp³-hybridized carbons (Fsp3) is 0.906. The van der Waals surface area contributed by atoms with Gasteiger partial charge in [0.1, 0.15) is 0 Å². The first-order valence-electron chi connectivity index (χ1n) is 15.8. The second-order valence-electron chi connectivity index (χ2n) is 11.0. The monoisotopic (exact) mass is 540 g/mol. The van der Waals surface area contributed by atoms with Gasteiger partial charge < -0.3 is 14.2 Å². The first kappa shape index (κ1) is 36.4. The van der Waals surface area contributed by atoms with E-state index >= 15 is 0 Å². The van der Waals surface area contributed by atoms with Gasteiger partial charge >= 0.3 is 17.9 Å². The van der Waals surface area contributed by atoms with E-state index in [9.17, 15) is 14.4 Å². The normalized spacial score (nSPS) is 14.4. The van der Waals surface area contributed by atoms with Crippen molar-refractivity contribution >= 4 is 17.9 Å². The van der Waals surface area contributed by atoms with Crippen molar-refractivity contribution < 1.29 is 28.6 Å². The van der Waals surface area contributed by atoms with Crippen molar-refractivity contribution in [1.82, 2.24) is 0 Å². The largest absolute Gasteiger partial charge is 0.465 e. The second-order valence-corrected chi connectivity index (χ2v) is 11.0. The summed E-state index contributed by atoms with van der Waals surface area (Å²) in [4.78, 5) is 37.9. The van der Waals surface area contributed by atoms with E-state index in [2.05, 4.69) is 41.5 Å². The summed E-state index contributed by atoms with van der Waals surface area (Å²) >= 11 is 0. The molecule has 0 aromatic carbocycles. The summed E-state index contributed by atoms with van der Waals surface area (Å²) < 4.78 is 16.8. The van der Waals surface area contributed by atoms with E-state index in [0.717, 1.165) is 77.0 Å². The van der Waals surface area contributed by atoms with Crippen LogP contribution in [0.1, 0.15) is 144 Å². The molecule has 0 spiro atoms. The fourth-order valence-electron chi connectivity index (χ4n) is 4.54. The van der Waals surface area contributed by atoms with Gasteiger partial charge in [-0.15, -0.1) is 0 Å². The van der Waals surface area contributed by atoms with Crippen LogP contribution in [-0.2, 0) is 28.6 Å². The van der Waals surface area contributed by atoms with Crippen molar-refractivity contribution in [2.45, 2.75) is 144 Å². The van der Waals surface area contributed by atoms with Crippen molar-refractivity contribution in [3.63, 3.8) is 0 Å². The molecule has 0 saturated carbocycles. The van der Waals surface area contributed by atoms with E-state index in [-0.39, 0.29) is 30.7 Å². The molecule has 0 saturated heterocycles. The molecule has 224 valence electrons. The Morgan fingerprint density at radius 3 is 1.16 bits per heavy atom. The predicted octanol–water partition coefficient (Wildman–Crippen LogP) is 8.44. The number of rotatable bonds is 25. The molecule has 0 aliphatic heterocycles. The van der Waals surface area contributed by atoms with Crippen molar-refractivity contribution in [1.29, 1.82) is 0 Å². The van der Waals surface area contributed by atoms with Gasteiger partial charge in [-0.05, 0) is 49.9 Å². The summed E-state index contributed by atoms with van der Waals surface area (Å²) in [5.41, 5.74) is 0. The van der Waals surface area contributed by atoms with Crippen molar-refractivity contribution in [2.24, 2.45) is 23.7 Å². The van der Waals surface area contributed by atoms with Crippen molar-refractivity contribution in [2.75, 3.05) is 19.8 Å². The summed E-state index contributed by atoms with van der Waals surface area (Å²) in [5, 5.41) is 0. The molecule has 0 fully saturated rings. The molecule has 0 aliphatic carbocycles. The first-order valence-corrected chi connectivity index (χ1v) is 15.8. The molecule has 0 heterocycles. The van der Waals surface area contributed by atoms with E-state index in [0.29, 0.717) is 50.4 Å². The number of unbranched alkanes of at least 4 members (excludes halogenated alkanes) is 3. The van der Waals surface area contributed by atoms with Crippen molar-refractivity contribution in [3.05, 3.63) is 0 Å². The molecular formula is C32H60O6. The highest BCUT2D eigenvalue weighted by Gasteiger charge is 2.24. The SMILES string of the molecule is CCCCC(CC)COC(=O)CCC(CCC(=O)OCC(CC)CCCC)C(=O)OCC(CC)CCCC. The lowest BCUT2D eigenvalue weighted by molar-refractivity contribution is -0.152. The number of hydrogen-bond donors (Lipinski definition) is 0. The summed E-state index contributed by atoms with van der Waals surface area (Å²) in [6, 6.07) is 0. The Hall–Kier alpha value is -1.59. The number of carbonyl (C=O) groups is 3. The molecule has 3 unspecified atom stereocenters. The zero-order valence-corrected chi connectivity index (χ0v) is 25.7. The maximum atomic E-state index is 13.0. The maximum Gasteiger partial charge on any atom is 0.308 e. The second kappa shape index (κ2) is 24.5. The molecule has 3 atom stereocenters. The molecule has 6 heteroatoms. The van der Waals surface area contributed by atoms with Crippen LogP contribution < -0.4 is 0 Å². The lowest BCUT2D eigenvalue weighted by Gasteiger charge is -2.20. The average Bonchev–Trinajstić information content (AvgIpc) is 2.93. The van der Waals surface area contributed by atoms with Gasteiger partial charge in [-0.1, -0.05) is 99.3 Å². The van der Waals surface area contributed by atoms with E-state index in [1.807, 2.05) is 0 Å². The minimum absolute atomic E-state index is 0.154. The van der Waals surface area contributed by atoms with Crippen LogP contribution in [0.2, 0.25) is 0 Å². The topological polar surface area (TPSA) is 78.9 Å². The Bertz CT molecular complexity index is 569. The van der Waals surface area contributed by atoms with Gasteiger partial charge in [0.25, 0.3) is 0 Å². The number of carbonyl (C=O) groups excluding carboxylic acids is 3. The number of esters is 3. The molecular weight excluding hydrogens is 480 g/mol. The summed E-state index contributed by atoms with van der Waals surface area (Å²) in [6.45, 7) is 14.1. The quantitative estimate of drug-likeness (QED) is 0.0854. The molecule has 0 N–H and O–H groups in total. The molecule has 0 aromatic rings. The van der Waals surface area contributed by atoms with Crippen LogP contribution in [0.4, 0.5) is 0 Å². The standard InChI is InChI=1S/C32H60O6/c1-7-13-16-26(10-4)23-36-30(33)21-19-29(32(35)38-25-28(12-6)18-15-9-3)20-22-31(34)37-24-27(11-5)17-14-8-2/h26-29H,7-25H2,1-6H3. The number of ether oxygens (including phenoxy) is 3. The Morgan fingerprint density at radius 1 is 0.500 bits per heavy atom. The summed E-state index contributed by atoms with van der Waals surface area (Å²) in [6.07, 6.45) is 13.8. The van der Waals surface area contributed by atoms with Crippen LogP contribution in [0, 0.1) is 23.7 Å². The molecule has 0 rings (SSSR count). The van der Waals surface area contributed by atoms with Gasteiger partial charge in [0.15, 0.2) is 0 Å². The van der Waals surface area contributed by atoms with Crippen LogP contribution in [-0.4, -0.2) is 37.7 Å². The lowest BCUT2D eigenvalue weighted by Crippen LogP contribution is -2.24. The molecule has 38 heavy (non-hydrogen) atoms. The summed E-state index contributed by atoms with van der Waals surface area (Å²) in [7, 11) is 0. The van der Waals surface area contributed by atoms with Crippen LogP contribution >= 0.6 is 0 Å². The first-order chi connectivity index (χ1) is 18.3. The Morgan fingerprint density at radius 2 is 0.842 bits per heavy atom. The van der Waals surface area contributed by atoms with Crippen LogP contribution in [0.15, 0.2) is 0 Å². The van der Waals surface area contributed by atoms with Crippen molar-refractivity contribution in [3.8, 4) is 0 Å². The van der Waals surface area contributed by atoms with E-state index < -0.39 is 5.92 Å². The highest BCUT2D eigenvalue weighted by molar-refractivity contribution is 5.76. The van der Waals surface area contributed by atoms with Gasteiger partial charge in [-0.2, -0.15) is 0 Å². The minimum Gasteiger partial charge on any atom is -0.465 e. The summed E-state index contributed by atoms with van der Waals surface area (Å²) in [5.74, 6) is -0.279. The van der Waals surface area contributed by atoms with Gasteiger partial charge in [0, 0.05) is 12.8 Å². The fourth-order valence-corrected chi connectivity index (χ4v) is 4.54. The zero-order chi connectivity index (χ0) is 28.6. The number of hydrogen-bond acceptors (Lipinski definition) is 6. The Labute approximate surface area is 234 Å². The minimum atomic E-state index is -0.511. The molecule has 0 amide bonds. The van der Waals surface area contributed by atoms with Gasteiger partial charge in [0.2, 0.25) is 0 Å². The zero-order valence-electron chi connectivity index (χ0n) is 25.7. The van der Waals surface area contributed by atoms with E-state index in [1.165, 1.54) is 0 Å². The molecule has 0 bridgehead atoms. The highest BCUT2D eigenvalue weighted by atomic mass is 16.5. The third kappa shape index (κ3) is 18.6. The average molecular weight is 541 g/mol. The molecule has 0 aliphatic rings. The Balaban J connectivity index is 4.91. The smallest absolute Gasteiger partial charge is 0.308 e. The van der Waals surface area contributed by atoms with Gasteiger partial charge in [-0.25, -0.2) is 0 Å². The highest BCUT2D eigenvalue weighted by Crippen LogP contribution is 2.21. The molecule has 0 radical (unpaired) electrons. The van der Waals surface area contributed by atoms with Gasteiger partial charge in [-0.3, -0.25) is 14.4 Å². The molecule has 0 aromatic heterocycles. The maximum absolute atomic E-state index is 13.0. The lowest BCUT2D eigenvalue weighted by atomic mass is 9.97. The third-order valence-corrected chi connectivity index (χ3v) is 7.78. The van der Waals surface area contributed by atoms with Crippen LogP contribution in [0.5, 0.6) is 0 Å². The molecule has 6 nitrogen and oxygen atoms in total. The third-order valence-electron chi connectivity index (χ3n) is 7.78. The Kier molecular flexibility index (Phi) is 23.4. The van der Waals surface area contributed by atoms with Crippen LogP contribution in [0.25, 0.3) is 0 Å². The van der Waals surface area contributed by atoms with E-state index in [1.54, 1.807) is 0 Å². The van der Waals surface area contributed by atoms with Crippen LogP contribution in [0.3, 0.4) is 0 Å². The van der Waals surface area contributed by atoms with E-state index in [4.69, 9.17) is 14.2 Å². The predicted molar refractivity (Wildman–Crippen MR) is 155 cm³/mol.